The maximum atomic E-state index is 5.62. The molecule has 1 saturated heterocycles. The van der Waals surface area contributed by atoms with E-state index in [1.807, 2.05) is 20.1 Å². The summed E-state index contributed by atoms with van der Waals surface area (Å²) >= 11 is 1.69. The third kappa shape index (κ3) is 4.31. The first-order chi connectivity index (χ1) is 6.14. The van der Waals surface area contributed by atoms with Crippen molar-refractivity contribution in [2.24, 2.45) is 0 Å². The van der Waals surface area contributed by atoms with Crippen LogP contribution < -0.4 is 0 Å². The van der Waals surface area contributed by atoms with Crippen molar-refractivity contribution in [2.75, 3.05) is 25.4 Å². The standard InChI is InChI=1S/C9H18O3S/c1-9(2)11-6-8(12-9)4-5-10-7-13-3/h8H,4-7H2,1-3H3. The quantitative estimate of drug-likeness (QED) is 0.507. The fourth-order valence-corrected chi connectivity index (χ4v) is 1.55. The summed E-state index contributed by atoms with van der Waals surface area (Å²) < 4.78 is 16.4. The van der Waals surface area contributed by atoms with Gasteiger partial charge in [-0.15, -0.1) is 11.8 Å². The predicted octanol–water partition coefficient (Wildman–Crippen LogP) is 1.87. The smallest absolute Gasteiger partial charge is 0.163 e. The van der Waals surface area contributed by atoms with E-state index in [0.29, 0.717) is 6.61 Å². The Kier molecular flexibility index (Phi) is 4.52. The number of ether oxygens (including phenoxy) is 3. The Morgan fingerprint density at radius 2 is 2.31 bits per heavy atom. The van der Waals surface area contributed by atoms with E-state index in [-0.39, 0.29) is 6.10 Å². The van der Waals surface area contributed by atoms with Crippen LogP contribution in [0.25, 0.3) is 0 Å². The Hall–Kier alpha value is 0.230. The Balaban J connectivity index is 2.04. The number of rotatable bonds is 5. The van der Waals surface area contributed by atoms with E-state index >= 15 is 0 Å². The van der Waals surface area contributed by atoms with Gasteiger partial charge in [0.1, 0.15) is 0 Å². The van der Waals surface area contributed by atoms with Crippen LogP contribution in [0.4, 0.5) is 0 Å². The topological polar surface area (TPSA) is 27.7 Å². The average Bonchev–Trinajstić information content (AvgIpc) is 2.40. The van der Waals surface area contributed by atoms with Crippen molar-refractivity contribution in [1.29, 1.82) is 0 Å². The van der Waals surface area contributed by atoms with Crippen molar-refractivity contribution in [3.05, 3.63) is 0 Å². The molecule has 4 heteroatoms. The minimum absolute atomic E-state index is 0.205. The van der Waals surface area contributed by atoms with Crippen LogP contribution in [0.3, 0.4) is 0 Å². The van der Waals surface area contributed by atoms with Gasteiger partial charge in [-0.3, -0.25) is 0 Å². The molecule has 1 fully saturated rings. The van der Waals surface area contributed by atoms with Crippen LogP contribution in [-0.4, -0.2) is 37.3 Å². The van der Waals surface area contributed by atoms with Crippen LogP contribution in [0.15, 0.2) is 0 Å². The van der Waals surface area contributed by atoms with Gasteiger partial charge in [0.05, 0.1) is 25.3 Å². The molecule has 1 heterocycles. The lowest BCUT2D eigenvalue weighted by atomic mass is 10.3. The number of thioether (sulfide) groups is 1. The Morgan fingerprint density at radius 1 is 1.54 bits per heavy atom. The van der Waals surface area contributed by atoms with Gasteiger partial charge in [-0.05, 0) is 26.5 Å². The molecule has 3 nitrogen and oxygen atoms in total. The zero-order valence-corrected chi connectivity index (χ0v) is 9.36. The summed E-state index contributed by atoms with van der Waals surface area (Å²) in [7, 11) is 0. The number of hydrogen-bond acceptors (Lipinski definition) is 4. The molecule has 1 rings (SSSR count). The zero-order chi connectivity index (χ0) is 9.73. The third-order valence-electron chi connectivity index (χ3n) is 1.85. The van der Waals surface area contributed by atoms with Gasteiger partial charge < -0.3 is 14.2 Å². The summed E-state index contributed by atoms with van der Waals surface area (Å²) in [4.78, 5) is 0. The Morgan fingerprint density at radius 3 is 2.85 bits per heavy atom. The lowest BCUT2D eigenvalue weighted by Gasteiger charge is -2.16. The maximum absolute atomic E-state index is 5.62. The molecule has 0 spiro atoms. The molecule has 0 aliphatic carbocycles. The van der Waals surface area contributed by atoms with Crippen LogP contribution in [0.2, 0.25) is 0 Å². The molecule has 1 unspecified atom stereocenters. The van der Waals surface area contributed by atoms with E-state index in [9.17, 15) is 0 Å². The first-order valence-corrected chi connectivity index (χ1v) is 5.92. The second-order valence-corrected chi connectivity index (χ2v) is 4.37. The summed E-state index contributed by atoms with van der Waals surface area (Å²) in [6, 6.07) is 0. The monoisotopic (exact) mass is 206 g/mol. The van der Waals surface area contributed by atoms with Gasteiger partial charge in [-0.2, -0.15) is 0 Å². The highest BCUT2D eigenvalue weighted by atomic mass is 32.2. The second-order valence-electron chi connectivity index (χ2n) is 3.55. The Labute approximate surface area is 84.1 Å². The SMILES string of the molecule is CSCOCCC1COC(C)(C)O1. The third-order valence-corrected chi connectivity index (χ3v) is 2.26. The minimum Gasteiger partial charge on any atom is -0.371 e. The highest BCUT2D eigenvalue weighted by Crippen LogP contribution is 2.23. The molecular formula is C9H18O3S. The summed E-state index contributed by atoms with van der Waals surface area (Å²) in [5, 5.41) is 0. The van der Waals surface area contributed by atoms with Gasteiger partial charge in [-0.1, -0.05) is 0 Å². The van der Waals surface area contributed by atoms with Crippen molar-refractivity contribution >= 4 is 11.8 Å². The lowest BCUT2D eigenvalue weighted by Crippen LogP contribution is -2.22. The van der Waals surface area contributed by atoms with Gasteiger partial charge in [0.15, 0.2) is 5.79 Å². The van der Waals surface area contributed by atoms with Gasteiger partial charge in [-0.25, -0.2) is 0 Å². The van der Waals surface area contributed by atoms with E-state index in [2.05, 4.69) is 0 Å². The highest BCUT2D eigenvalue weighted by Gasteiger charge is 2.32. The average molecular weight is 206 g/mol. The van der Waals surface area contributed by atoms with E-state index in [0.717, 1.165) is 19.0 Å². The van der Waals surface area contributed by atoms with Crippen LogP contribution in [0, 0.1) is 0 Å². The molecule has 0 radical (unpaired) electrons. The Bertz CT molecular complexity index is 150. The van der Waals surface area contributed by atoms with Gasteiger partial charge in [0, 0.05) is 0 Å². The van der Waals surface area contributed by atoms with Crippen LogP contribution >= 0.6 is 11.8 Å². The molecular weight excluding hydrogens is 188 g/mol. The molecule has 0 bridgehead atoms. The fourth-order valence-electron chi connectivity index (χ4n) is 1.26. The summed E-state index contributed by atoms with van der Waals surface area (Å²) in [5.41, 5.74) is 0. The van der Waals surface area contributed by atoms with Crippen molar-refractivity contribution in [2.45, 2.75) is 32.2 Å². The van der Waals surface area contributed by atoms with E-state index in [4.69, 9.17) is 14.2 Å². The number of hydrogen-bond donors (Lipinski definition) is 0. The summed E-state index contributed by atoms with van der Waals surface area (Å²) in [6.07, 6.45) is 3.15. The van der Waals surface area contributed by atoms with Crippen LogP contribution in [0.5, 0.6) is 0 Å². The van der Waals surface area contributed by atoms with Crippen molar-refractivity contribution in [1.82, 2.24) is 0 Å². The fraction of sp³-hybridized carbons (Fsp3) is 1.00. The normalized spacial score (nSPS) is 26.5. The largest absolute Gasteiger partial charge is 0.371 e. The molecule has 0 aromatic heterocycles. The van der Waals surface area contributed by atoms with E-state index in [1.54, 1.807) is 11.8 Å². The van der Waals surface area contributed by atoms with Crippen LogP contribution in [0.1, 0.15) is 20.3 Å². The van der Waals surface area contributed by atoms with Crippen molar-refractivity contribution in [3.8, 4) is 0 Å². The summed E-state index contributed by atoms with van der Waals surface area (Å²) in [5.74, 6) is 0.362. The van der Waals surface area contributed by atoms with E-state index in [1.165, 1.54) is 0 Å². The van der Waals surface area contributed by atoms with Gasteiger partial charge in [0.2, 0.25) is 0 Å². The highest BCUT2D eigenvalue weighted by molar-refractivity contribution is 7.98. The van der Waals surface area contributed by atoms with Gasteiger partial charge >= 0.3 is 0 Å². The molecule has 13 heavy (non-hydrogen) atoms. The molecule has 0 N–H and O–H groups in total. The predicted molar refractivity (Wildman–Crippen MR) is 53.9 cm³/mol. The molecule has 78 valence electrons. The molecule has 1 aliphatic heterocycles. The second kappa shape index (κ2) is 5.20. The van der Waals surface area contributed by atoms with Crippen molar-refractivity contribution < 1.29 is 14.2 Å². The lowest BCUT2D eigenvalue weighted by molar-refractivity contribution is -0.140. The maximum Gasteiger partial charge on any atom is 0.163 e. The summed E-state index contributed by atoms with van der Waals surface area (Å²) in [6.45, 7) is 5.33. The van der Waals surface area contributed by atoms with Crippen molar-refractivity contribution in [3.63, 3.8) is 0 Å². The molecule has 0 saturated carbocycles. The molecule has 0 aromatic carbocycles. The first-order valence-electron chi connectivity index (χ1n) is 4.52. The first kappa shape index (κ1) is 11.3. The minimum atomic E-state index is -0.399. The zero-order valence-electron chi connectivity index (χ0n) is 8.54. The molecule has 1 aliphatic rings. The van der Waals surface area contributed by atoms with Crippen LogP contribution in [-0.2, 0) is 14.2 Å². The molecule has 1 atom stereocenters. The van der Waals surface area contributed by atoms with E-state index < -0.39 is 5.79 Å². The molecule has 0 aromatic rings. The van der Waals surface area contributed by atoms with Gasteiger partial charge in [0.25, 0.3) is 0 Å². The molecule has 0 amide bonds.